The summed E-state index contributed by atoms with van der Waals surface area (Å²) in [6.07, 6.45) is 0. The lowest BCUT2D eigenvalue weighted by atomic mass is 10.1. The van der Waals surface area contributed by atoms with Gasteiger partial charge >= 0.3 is 0 Å². The number of carbonyl (C=O) groups is 1. The van der Waals surface area contributed by atoms with Crippen LogP contribution in [-0.2, 0) is 0 Å². The molecule has 0 bridgehead atoms. The van der Waals surface area contributed by atoms with E-state index in [-0.39, 0.29) is 17.9 Å². The van der Waals surface area contributed by atoms with Crippen molar-refractivity contribution in [2.24, 2.45) is 5.73 Å². The minimum absolute atomic E-state index is 0.115. The third kappa shape index (κ3) is 1.67. The molecule has 1 aromatic carbocycles. The molecule has 76 valence electrons. The van der Waals surface area contributed by atoms with E-state index in [4.69, 9.17) is 5.73 Å². The van der Waals surface area contributed by atoms with E-state index in [1.807, 2.05) is 0 Å². The van der Waals surface area contributed by atoms with Gasteiger partial charge in [0, 0.05) is 0 Å². The number of ketones is 1. The normalized spacial score (nSPS) is 9.93. The van der Waals surface area contributed by atoms with E-state index in [1.54, 1.807) is 0 Å². The maximum atomic E-state index is 13.2. The second-order valence-electron chi connectivity index (χ2n) is 2.61. The number of nitrogens with two attached hydrogens (primary N) is 1. The summed E-state index contributed by atoms with van der Waals surface area (Å²) in [5, 5.41) is 9.28. The van der Waals surface area contributed by atoms with Gasteiger partial charge in [0.15, 0.2) is 17.3 Å². The highest BCUT2D eigenvalue weighted by molar-refractivity contribution is 6.00. The lowest BCUT2D eigenvalue weighted by molar-refractivity contribution is 0.0998. The second-order valence-corrected chi connectivity index (χ2v) is 2.61. The van der Waals surface area contributed by atoms with Gasteiger partial charge in [-0.1, -0.05) is 0 Å². The molecule has 0 spiro atoms. The van der Waals surface area contributed by atoms with Crippen molar-refractivity contribution in [1.82, 2.24) is 0 Å². The molecule has 4 nitrogen and oxygen atoms in total. The predicted molar refractivity (Wildman–Crippen MR) is 48.0 cm³/mol. The minimum atomic E-state index is -0.952. The Morgan fingerprint density at radius 2 is 2.29 bits per heavy atom. The Bertz CT molecular complexity index is 365. The molecule has 0 unspecified atom stereocenters. The van der Waals surface area contributed by atoms with Crippen LogP contribution in [0.3, 0.4) is 0 Å². The molecule has 0 aromatic heterocycles. The van der Waals surface area contributed by atoms with Gasteiger partial charge in [-0.25, -0.2) is 0 Å². The van der Waals surface area contributed by atoms with Crippen LogP contribution in [0, 0.1) is 5.82 Å². The molecule has 0 heterocycles. The number of rotatable bonds is 3. The van der Waals surface area contributed by atoms with Crippen molar-refractivity contribution >= 4 is 5.78 Å². The van der Waals surface area contributed by atoms with E-state index in [0.717, 1.165) is 0 Å². The Morgan fingerprint density at radius 1 is 1.64 bits per heavy atom. The summed E-state index contributed by atoms with van der Waals surface area (Å²) in [6.45, 7) is -0.278. The molecule has 0 amide bonds. The molecule has 0 radical (unpaired) electrons. The largest absolute Gasteiger partial charge is 0.504 e. The van der Waals surface area contributed by atoms with Gasteiger partial charge in [0.2, 0.25) is 5.82 Å². The lowest BCUT2D eigenvalue weighted by Crippen LogP contribution is -2.14. The van der Waals surface area contributed by atoms with Crippen LogP contribution < -0.4 is 10.5 Å². The van der Waals surface area contributed by atoms with Gasteiger partial charge in [-0.05, 0) is 12.1 Å². The monoisotopic (exact) mass is 199 g/mol. The standard InChI is InChI=1S/C9H10FNO3/c1-14-7-3-2-5(6(12)4-11)9(13)8(7)10/h2-3,13H,4,11H2,1H3. The average molecular weight is 199 g/mol. The summed E-state index contributed by atoms with van der Waals surface area (Å²) in [5.41, 5.74) is 4.95. The summed E-state index contributed by atoms with van der Waals surface area (Å²) in [5.74, 6) is -2.31. The highest BCUT2D eigenvalue weighted by Gasteiger charge is 2.16. The molecule has 0 aliphatic heterocycles. The Morgan fingerprint density at radius 3 is 2.79 bits per heavy atom. The number of phenolic OH excluding ortho intramolecular Hbond substituents is 1. The molecular weight excluding hydrogens is 189 g/mol. The SMILES string of the molecule is COc1ccc(C(=O)CN)c(O)c1F. The van der Waals surface area contributed by atoms with Crippen LogP contribution in [0.1, 0.15) is 10.4 Å². The van der Waals surface area contributed by atoms with Gasteiger partial charge < -0.3 is 15.6 Å². The Labute approximate surface area is 80.1 Å². The molecule has 14 heavy (non-hydrogen) atoms. The average Bonchev–Trinajstić information content (AvgIpc) is 2.21. The van der Waals surface area contributed by atoms with Gasteiger partial charge in [-0.15, -0.1) is 0 Å². The topological polar surface area (TPSA) is 72.5 Å². The van der Waals surface area contributed by atoms with E-state index in [1.165, 1.54) is 19.2 Å². The van der Waals surface area contributed by atoms with Crippen molar-refractivity contribution in [2.75, 3.05) is 13.7 Å². The first-order valence-corrected chi connectivity index (χ1v) is 3.90. The number of carbonyl (C=O) groups excluding carboxylic acids is 1. The third-order valence-electron chi connectivity index (χ3n) is 1.79. The van der Waals surface area contributed by atoms with Gasteiger partial charge in [0.05, 0.1) is 19.2 Å². The molecule has 0 aliphatic rings. The zero-order chi connectivity index (χ0) is 10.7. The maximum absolute atomic E-state index is 13.2. The van der Waals surface area contributed by atoms with Crippen LogP contribution in [0.15, 0.2) is 12.1 Å². The summed E-state index contributed by atoms with van der Waals surface area (Å²) < 4.78 is 17.8. The number of methoxy groups -OCH3 is 1. The van der Waals surface area contributed by atoms with Crippen molar-refractivity contribution in [3.05, 3.63) is 23.5 Å². The zero-order valence-corrected chi connectivity index (χ0v) is 7.58. The van der Waals surface area contributed by atoms with Crippen molar-refractivity contribution < 1.29 is 19.0 Å². The molecule has 1 rings (SSSR count). The third-order valence-corrected chi connectivity index (χ3v) is 1.79. The van der Waals surface area contributed by atoms with Crippen LogP contribution in [0.5, 0.6) is 11.5 Å². The smallest absolute Gasteiger partial charge is 0.207 e. The molecule has 5 heteroatoms. The van der Waals surface area contributed by atoms with Gasteiger partial charge in [0.25, 0.3) is 0 Å². The number of hydrogen-bond donors (Lipinski definition) is 2. The molecule has 0 atom stereocenters. The van der Waals surface area contributed by atoms with Crippen LogP contribution in [0.25, 0.3) is 0 Å². The number of aromatic hydroxyl groups is 1. The summed E-state index contributed by atoms with van der Waals surface area (Å²) in [4.78, 5) is 11.1. The number of benzene rings is 1. The molecular formula is C9H10FNO3. The van der Waals surface area contributed by atoms with Gasteiger partial charge in [-0.2, -0.15) is 4.39 Å². The molecule has 3 N–H and O–H groups in total. The first kappa shape index (κ1) is 10.5. The first-order valence-electron chi connectivity index (χ1n) is 3.90. The Hall–Kier alpha value is -1.62. The quantitative estimate of drug-likeness (QED) is 0.702. The predicted octanol–water partition coefficient (Wildman–Crippen LogP) is 0.681. The van der Waals surface area contributed by atoms with Crippen molar-refractivity contribution in [3.63, 3.8) is 0 Å². The Kier molecular flexibility index (Phi) is 3.03. The van der Waals surface area contributed by atoms with Crippen molar-refractivity contribution in [1.29, 1.82) is 0 Å². The number of ether oxygens (including phenoxy) is 1. The van der Waals surface area contributed by atoms with E-state index in [0.29, 0.717) is 0 Å². The fourth-order valence-electron chi connectivity index (χ4n) is 1.04. The highest BCUT2D eigenvalue weighted by Crippen LogP contribution is 2.29. The maximum Gasteiger partial charge on any atom is 0.207 e. The fraction of sp³-hybridized carbons (Fsp3) is 0.222. The molecule has 0 aliphatic carbocycles. The van der Waals surface area contributed by atoms with E-state index < -0.39 is 17.3 Å². The second kappa shape index (κ2) is 4.06. The van der Waals surface area contributed by atoms with Crippen molar-refractivity contribution in [3.8, 4) is 11.5 Å². The number of Topliss-reactive ketones (excluding diaryl/α,β-unsaturated/α-hetero) is 1. The number of phenols is 1. The Balaban J connectivity index is 3.24. The molecule has 1 aromatic rings. The lowest BCUT2D eigenvalue weighted by Gasteiger charge is -2.06. The number of hydrogen-bond acceptors (Lipinski definition) is 4. The van der Waals surface area contributed by atoms with Crippen LogP contribution in [0.4, 0.5) is 4.39 Å². The summed E-state index contributed by atoms with van der Waals surface area (Å²) in [6, 6.07) is 2.53. The summed E-state index contributed by atoms with van der Waals surface area (Å²) in [7, 11) is 1.27. The molecule has 0 saturated carbocycles. The van der Waals surface area contributed by atoms with Gasteiger partial charge in [0.1, 0.15) is 0 Å². The van der Waals surface area contributed by atoms with Crippen molar-refractivity contribution in [2.45, 2.75) is 0 Å². The van der Waals surface area contributed by atoms with E-state index in [9.17, 15) is 14.3 Å². The first-order chi connectivity index (χ1) is 6.61. The van der Waals surface area contributed by atoms with E-state index >= 15 is 0 Å². The van der Waals surface area contributed by atoms with Crippen LogP contribution in [-0.4, -0.2) is 24.5 Å². The highest BCUT2D eigenvalue weighted by atomic mass is 19.1. The zero-order valence-electron chi connectivity index (χ0n) is 7.58. The fourth-order valence-corrected chi connectivity index (χ4v) is 1.04. The minimum Gasteiger partial charge on any atom is -0.504 e. The van der Waals surface area contributed by atoms with Gasteiger partial charge in [-0.3, -0.25) is 4.79 Å². The number of halogens is 1. The van der Waals surface area contributed by atoms with E-state index in [2.05, 4.69) is 4.74 Å². The summed E-state index contributed by atoms with van der Waals surface area (Å²) >= 11 is 0. The van der Waals surface area contributed by atoms with Crippen LogP contribution in [0.2, 0.25) is 0 Å². The molecule has 0 fully saturated rings. The van der Waals surface area contributed by atoms with Crippen LogP contribution >= 0.6 is 0 Å². The molecule has 0 saturated heterocycles.